The molecule has 0 N–H and O–H groups in total. The van der Waals surface area contributed by atoms with Gasteiger partial charge >= 0.3 is 58.2 Å². The van der Waals surface area contributed by atoms with Gasteiger partial charge in [-0.25, -0.2) is 0 Å². The van der Waals surface area contributed by atoms with Gasteiger partial charge in [0, 0.05) is 0 Å². The Kier molecular flexibility index (Phi) is 22.9. The van der Waals surface area contributed by atoms with Crippen LogP contribution in [0, 0.1) is 7.43 Å². The standard InChI is InChI=1S/C7H8B.C2H6.CH3.Rb/c1-8-7-5-3-2-4-6-7;1-2;;/h2-6H,1H3;1-2H3;1H3;/q;;-1;+1. The summed E-state index contributed by atoms with van der Waals surface area (Å²) in [6, 6.07) is 10.3. The number of hydrogen-bond acceptors (Lipinski definition) is 0. The Hall–Kier alpha value is 1.09. The van der Waals surface area contributed by atoms with Crippen molar-refractivity contribution >= 4 is 12.7 Å². The van der Waals surface area contributed by atoms with Gasteiger partial charge in [0.05, 0.1) is 0 Å². The predicted molar refractivity (Wildman–Crippen MR) is 55.5 cm³/mol. The van der Waals surface area contributed by atoms with E-state index in [1.54, 1.807) is 0 Å². The molecule has 1 aromatic rings. The second kappa shape index (κ2) is 14.6. The first-order valence-electron chi connectivity index (χ1n) is 3.78. The molecule has 0 saturated carbocycles. The van der Waals surface area contributed by atoms with Crippen molar-refractivity contribution in [2.45, 2.75) is 20.7 Å². The van der Waals surface area contributed by atoms with Crippen molar-refractivity contribution in [2.75, 3.05) is 0 Å². The molecule has 1 aromatic carbocycles. The average molecular weight is 234 g/mol. The molecule has 0 aliphatic carbocycles. The topological polar surface area (TPSA) is 0 Å². The van der Waals surface area contributed by atoms with E-state index >= 15 is 0 Å². The molecule has 0 unspecified atom stereocenters. The zero-order valence-corrected chi connectivity index (χ0v) is 13.9. The van der Waals surface area contributed by atoms with Crippen molar-refractivity contribution in [2.24, 2.45) is 0 Å². The summed E-state index contributed by atoms with van der Waals surface area (Å²) in [6.45, 7) is 6.04. The first kappa shape index (κ1) is 18.8. The zero-order chi connectivity index (χ0) is 7.82. The minimum absolute atomic E-state index is 0. The van der Waals surface area contributed by atoms with E-state index in [2.05, 4.69) is 19.4 Å². The molecule has 2 heteroatoms. The van der Waals surface area contributed by atoms with Crippen molar-refractivity contribution in [3.63, 3.8) is 0 Å². The van der Waals surface area contributed by atoms with E-state index in [0.29, 0.717) is 0 Å². The average Bonchev–Trinajstić information content (AvgIpc) is 2.10. The molecule has 1 rings (SSSR count). The smallest absolute Gasteiger partial charge is 0.358 e. The Bertz CT molecular complexity index is 151. The van der Waals surface area contributed by atoms with Gasteiger partial charge < -0.3 is 7.43 Å². The first-order valence-corrected chi connectivity index (χ1v) is 3.78. The summed E-state index contributed by atoms with van der Waals surface area (Å²) in [4.78, 5) is 0. The Morgan fingerprint density at radius 2 is 1.42 bits per heavy atom. The van der Waals surface area contributed by atoms with Crippen LogP contribution in [0.1, 0.15) is 13.8 Å². The molecule has 0 nitrogen and oxygen atoms in total. The molecule has 0 heterocycles. The van der Waals surface area contributed by atoms with Crippen LogP contribution in [0.3, 0.4) is 0 Å². The molecule has 0 aliphatic heterocycles. The van der Waals surface area contributed by atoms with Crippen LogP contribution in [0.25, 0.3) is 0 Å². The fourth-order valence-electron chi connectivity index (χ4n) is 0.645. The summed E-state index contributed by atoms with van der Waals surface area (Å²) in [5.74, 6) is 0. The van der Waals surface area contributed by atoms with Gasteiger partial charge in [0.1, 0.15) is 7.28 Å². The molecular weight excluding hydrogens is 216 g/mol. The molecule has 12 heavy (non-hydrogen) atoms. The largest absolute Gasteiger partial charge is 1.00 e. The van der Waals surface area contributed by atoms with E-state index in [0.717, 1.165) is 0 Å². The second-order valence-corrected chi connectivity index (χ2v) is 1.70. The van der Waals surface area contributed by atoms with Crippen LogP contribution >= 0.6 is 0 Å². The summed E-state index contributed by atoms with van der Waals surface area (Å²) in [6.07, 6.45) is 0. The number of benzene rings is 1. The van der Waals surface area contributed by atoms with Crippen LogP contribution in [0.2, 0.25) is 6.82 Å². The van der Waals surface area contributed by atoms with Gasteiger partial charge in [-0.1, -0.05) is 56.5 Å². The maximum Gasteiger partial charge on any atom is 1.00 e. The third kappa shape index (κ3) is 9.18. The molecule has 0 atom stereocenters. The van der Waals surface area contributed by atoms with Crippen LogP contribution < -0.4 is 63.7 Å². The maximum absolute atomic E-state index is 2.08. The van der Waals surface area contributed by atoms with Gasteiger partial charge in [0.15, 0.2) is 0 Å². The van der Waals surface area contributed by atoms with Gasteiger partial charge in [-0.2, -0.15) is 0 Å². The molecular formula is C10H17BRb. The van der Waals surface area contributed by atoms with Gasteiger partial charge in [0.2, 0.25) is 0 Å². The SMILES string of the molecule is CC.C[B]c1ccccc1.[CH3-].[Rb+]. The van der Waals surface area contributed by atoms with E-state index in [-0.39, 0.29) is 65.6 Å². The summed E-state index contributed by atoms with van der Waals surface area (Å²) < 4.78 is 0. The molecule has 0 aliphatic rings. The van der Waals surface area contributed by atoms with Gasteiger partial charge in [-0.3, -0.25) is 0 Å². The zero-order valence-electron chi connectivity index (χ0n) is 8.96. The van der Waals surface area contributed by atoms with Gasteiger partial charge in [-0.05, 0) is 0 Å². The van der Waals surface area contributed by atoms with E-state index in [9.17, 15) is 0 Å². The summed E-state index contributed by atoms with van der Waals surface area (Å²) in [5, 5.41) is 0. The normalized spacial score (nSPS) is 6.25. The van der Waals surface area contributed by atoms with Crippen molar-refractivity contribution in [1.29, 1.82) is 0 Å². The fraction of sp³-hybridized carbons (Fsp3) is 0.300. The van der Waals surface area contributed by atoms with Crippen LogP contribution in [-0.2, 0) is 0 Å². The van der Waals surface area contributed by atoms with E-state index in [1.165, 1.54) is 5.46 Å². The third-order valence-corrected chi connectivity index (χ3v) is 1.13. The Labute approximate surface area is 127 Å². The number of hydrogen-bond donors (Lipinski definition) is 0. The van der Waals surface area contributed by atoms with E-state index in [1.807, 2.05) is 38.9 Å². The molecule has 0 spiro atoms. The minimum Gasteiger partial charge on any atom is -0.358 e. The van der Waals surface area contributed by atoms with E-state index < -0.39 is 0 Å². The third-order valence-electron chi connectivity index (χ3n) is 1.13. The quantitative estimate of drug-likeness (QED) is 0.455. The monoisotopic (exact) mass is 233 g/mol. The first-order chi connectivity index (χ1) is 4.93. The van der Waals surface area contributed by atoms with E-state index in [4.69, 9.17) is 0 Å². The van der Waals surface area contributed by atoms with Crippen LogP contribution in [0.4, 0.5) is 0 Å². The molecule has 0 saturated heterocycles. The van der Waals surface area contributed by atoms with Gasteiger partial charge in [0.25, 0.3) is 0 Å². The van der Waals surface area contributed by atoms with Crippen LogP contribution in [-0.4, -0.2) is 7.28 Å². The van der Waals surface area contributed by atoms with Crippen LogP contribution in [0.15, 0.2) is 30.3 Å². The molecule has 0 amide bonds. The molecule has 0 bridgehead atoms. The van der Waals surface area contributed by atoms with Crippen molar-refractivity contribution in [3.8, 4) is 0 Å². The van der Waals surface area contributed by atoms with Gasteiger partial charge in [-0.15, -0.1) is 0 Å². The Morgan fingerprint density at radius 1 is 1.00 bits per heavy atom. The second-order valence-electron chi connectivity index (χ2n) is 1.70. The molecule has 61 valence electrons. The Morgan fingerprint density at radius 3 is 1.67 bits per heavy atom. The summed E-state index contributed by atoms with van der Waals surface area (Å²) >= 11 is 0. The molecule has 0 aromatic heterocycles. The molecule has 1 radical (unpaired) electrons. The predicted octanol–water partition coefficient (Wildman–Crippen LogP) is -0.455. The molecule has 0 fully saturated rings. The number of rotatable bonds is 1. The fourth-order valence-corrected chi connectivity index (χ4v) is 0.645. The summed E-state index contributed by atoms with van der Waals surface area (Å²) in [7, 11) is 2.08. The summed E-state index contributed by atoms with van der Waals surface area (Å²) in [5.41, 5.74) is 1.28. The Balaban J connectivity index is -0.000000189. The maximum atomic E-state index is 2.08. The van der Waals surface area contributed by atoms with Crippen molar-refractivity contribution in [3.05, 3.63) is 37.8 Å². The van der Waals surface area contributed by atoms with Crippen molar-refractivity contribution < 1.29 is 58.2 Å². The van der Waals surface area contributed by atoms with Crippen LogP contribution in [0.5, 0.6) is 0 Å². The van der Waals surface area contributed by atoms with Crippen molar-refractivity contribution in [1.82, 2.24) is 0 Å². The minimum atomic E-state index is 0.